The van der Waals surface area contributed by atoms with Crippen molar-refractivity contribution in [2.45, 2.75) is 25.8 Å². The van der Waals surface area contributed by atoms with Gasteiger partial charge in [-0.15, -0.1) is 0 Å². The van der Waals surface area contributed by atoms with Crippen LogP contribution >= 0.6 is 0 Å². The molecule has 0 bridgehead atoms. The maximum Gasteiger partial charge on any atom is 0.337 e. The topological polar surface area (TPSA) is 86.6 Å². The van der Waals surface area contributed by atoms with Crippen molar-refractivity contribution >= 4 is 17.6 Å². The molecule has 0 aliphatic carbocycles. The molecule has 1 amide bonds. The number of esters is 1. The van der Waals surface area contributed by atoms with Crippen molar-refractivity contribution in [2.75, 3.05) is 19.5 Å². The molecule has 136 valence electrons. The van der Waals surface area contributed by atoms with E-state index in [1.54, 1.807) is 28.8 Å². The highest BCUT2D eigenvalue weighted by molar-refractivity contribution is 6.07. The van der Waals surface area contributed by atoms with Gasteiger partial charge in [0.05, 0.1) is 19.8 Å². The van der Waals surface area contributed by atoms with Gasteiger partial charge in [-0.2, -0.15) is 0 Å². The molecule has 0 spiro atoms. The van der Waals surface area contributed by atoms with E-state index in [2.05, 4.69) is 10.1 Å². The molecule has 1 aliphatic rings. The lowest BCUT2D eigenvalue weighted by Gasteiger charge is -2.22. The zero-order valence-electron chi connectivity index (χ0n) is 14.7. The first kappa shape index (κ1) is 17.7. The van der Waals surface area contributed by atoms with Gasteiger partial charge in [-0.3, -0.25) is 9.59 Å². The number of methoxy groups -OCH3 is 2. The van der Waals surface area contributed by atoms with E-state index in [-0.39, 0.29) is 17.2 Å². The number of rotatable bonds is 4. The third-order valence-corrected chi connectivity index (χ3v) is 4.44. The van der Waals surface area contributed by atoms with Crippen molar-refractivity contribution in [1.82, 2.24) is 4.57 Å². The van der Waals surface area contributed by atoms with Crippen LogP contribution in [0.3, 0.4) is 0 Å². The van der Waals surface area contributed by atoms with Gasteiger partial charge in [-0.25, -0.2) is 4.79 Å². The summed E-state index contributed by atoms with van der Waals surface area (Å²) < 4.78 is 11.6. The van der Waals surface area contributed by atoms with Crippen LogP contribution in [0.1, 0.15) is 39.3 Å². The number of anilines is 1. The van der Waals surface area contributed by atoms with Gasteiger partial charge in [0.2, 0.25) is 0 Å². The summed E-state index contributed by atoms with van der Waals surface area (Å²) in [6.45, 7) is 0.603. The summed E-state index contributed by atoms with van der Waals surface area (Å²) >= 11 is 0. The van der Waals surface area contributed by atoms with E-state index >= 15 is 0 Å². The molecule has 1 aliphatic heterocycles. The van der Waals surface area contributed by atoms with E-state index in [4.69, 9.17) is 4.74 Å². The maximum absolute atomic E-state index is 12.9. The molecule has 0 unspecified atom stereocenters. The highest BCUT2D eigenvalue weighted by atomic mass is 16.5. The highest BCUT2D eigenvalue weighted by Gasteiger charge is 2.24. The summed E-state index contributed by atoms with van der Waals surface area (Å²) in [4.78, 5) is 36.6. The van der Waals surface area contributed by atoms with E-state index in [1.807, 2.05) is 0 Å². The Hall–Kier alpha value is -3.09. The van der Waals surface area contributed by atoms with Crippen LogP contribution in [0.5, 0.6) is 5.75 Å². The molecule has 0 radical (unpaired) electrons. The maximum atomic E-state index is 12.9. The lowest BCUT2D eigenvalue weighted by molar-refractivity contribution is 0.0600. The molecule has 1 aromatic heterocycles. The molecule has 0 fully saturated rings. The van der Waals surface area contributed by atoms with Gasteiger partial charge >= 0.3 is 5.97 Å². The number of benzene rings is 1. The second-order valence-corrected chi connectivity index (χ2v) is 6.00. The molecule has 2 heterocycles. The highest BCUT2D eigenvalue weighted by Crippen LogP contribution is 2.26. The first-order chi connectivity index (χ1) is 12.5. The molecule has 26 heavy (non-hydrogen) atoms. The van der Waals surface area contributed by atoms with Crippen molar-refractivity contribution in [2.24, 2.45) is 0 Å². The van der Waals surface area contributed by atoms with E-state index in [9.17, 15) is 14.4 Å². The summed E-state index contributed by atoms with van der Waals surface area (Å²) in [7, 11) is 2.75. The molecule has 7 heteroatoms. The first-order valence-corrected chi connectivity index (χ1v) is 8.35. The van der Waals surface area contributed by atoms with Gasteiger partial charge < -0.3 is 19.4 Å². The molecule has 7 nitrogen and oxygen atoms in total. The summed E-state index contributed by atoms with van der Waals surface area (Å²) in [6, 6.07) is 7.74. The summed E-state index contributed by atoms with van der Waals surface area (Å²) in [5, 5.41) is 2.80. The number of nitrogens with zero attached hydrogens (tertiary/aromatic N) is 1. The Bertz CT molecular complexity index is 899. The number of ether oxygens (including phenoxy) is 2. The molecule has 0 saturated carbocycles. The Morgan fingerprint density at radius 3 is 2.50 bits per heavy atom. The molecule has 1 aromatic carbocycles. The third kappa shape index (κ3) is 3.33. The number of fused-ring (bicyclic) bond motifs is 1. The van der Waals surface area contributed by atoms with Crippen molar-refractivity contribution in [1.29, 1.82) is 0 Å². The van der Waals surface area contributed by atoms with E-state index in [1.165, 1.54) is 20.3 Å². The Morgan fingerprint density at radius 2 is 1.85 bits per heavy atom. The first-order valence-electron chi connectivity index (χ1n) is 8.35. The summed E-state index contributed by atoms with van der Waals surface area (Å²) in [5.74, 6) is -0.522. The predicted molar refractivity (Wildman–Crippen MR) is 95.9 cm³/mol. The second-order valence-electron chi connectivity index (χ2n) is 6.00. The molecule has 0 saturated heterocycles. The van der Waals surface area contributed by atoms with Crippen LogP contribution in [0.2, 0.25) is 0 Å². The SMILES string of the molecule is COC(=O)c1ccc(NC(=O)c2c(OC)cc(=O)n3c2CCCC3)cc1. The van der Waals surface area contributed by atoms with Gasteiger partial charge in [0.25, 0.3) is 11.5 Å². The molecule has 1 N–H and O–H groups in total. The van der Waals surface area contributed by atoms with E-state index in [0.29, 0.717) is 35.5 Å². The number of hydrogen-bond donors (Lipinski definition) is 1. The smallest absolute Gasteiger partial charge is 0.337 e. The Kier molecular flexibility index (Phi) is 5.06. The lowest BCUT2D eigenvalue weighted by Crippen LogP contribution is -2.30. The van der Waals surface area contributed by atoms with Gasteiger partial charge in [-0.05, 0) is 43.5 Å². The largest absolute Gasteiger partial charge is 0.496 e. The van der Waals surface area contributed by atoms with Crippen LogP contribution < -0.4 is 15.6 Å². The molecule has 2 aromatic rings. The number of nitrogens with one attached hydrogen (secondary N) is 1. The van der Waals surface area contributed by atoms with Gasteiger partial charge in [0.1, 0.15) is 11.3 Å². The van der Waals surface area contributed by atoms with E-state index in [0.717, 1.165) is 12.8 Å². The van der Waals surface area contributed by atoms with Crippen LogP contribution in [0.4, 0.5) is 5.69 Å². The summed E-state index contributed by atoms with van der Waals surface area (Å²) in [5.41, 5.74) is 1.85. The van der Waals surface area contributed by atoms with Gasteiger partial charge in [-0.1, -0.05) is 0 Å². The monoisotopic (exact) mass is 356 g/mol. The Morgan fingerprint density at radius 1 is 1.12 bits per heavy atom. The standard InChI is InChI=1S/C19H20N2O5/c1-25-15-11-16(22)21-10-4-3-5-14(21)17(15)18(23)20-13-8-6-12(7-9-13)19(24)26-2/h6-9,11H,3-5,10H2,1-2H3,(H,20,23). The van der Waals surface area contributed by atoms with Crippen LogP contribution in [0, 0.1) is 0 Å². The molecular formula is C19H20N2O5. The van der Waals surface area contributed by atoms with Crippen molar-refractivity contribution in [3.63, 3.8) is 0 Å². The number of pyridine rings is 1. The van der Waals surface area contributed by atoms with Gasteiger partial charge in [0, 0.05) is 24.0 Å². The minimum atomic E-state index is -0.443. The minimum absolute atomic E-state index is 0.157. The zero-order valence-corrected chi connectivity index (χ0v) is 14.7. The van der Waals surface area contributed by atoms with Crippen molar-refractivity contribution in [3.8, 4) is 5.75 Å². The lowest BCUT2D eigenvalue weighted by atomic mass is 10.0. The average molecular weight is 356 g/mol. The number of amides is 1. The summed E-state index contributed by atoms with van der Waals surface area (Å²) in [6.07, 6.45) is 2.48. The number of aromatic nitrogens is 1. The van der Waals surface area contributed by atoms with Crippen molar-refractivity contribution < 1.29 is 19.1 Å². The fraction of sp³-hybridized carbons (Fsp3) is 0.316. The van der Waals surface area contributed by atoms with Crippen molar-refractivity contribution in [3.05, 3.63) is 57.5 Å². The fourth-order valence-corrected chi connectivity index (χ4v) is 3.14. The fourth-order valence-electron chi connectivity index (χ4n) is 3.14. The van der Waals surface area contributed by atoms with Crippen LogP contribution in [0.25, 0.3) is 0 Å². The third-order valence-electron chi connectivity index (χ3n) is 4.44. The number of carbonyl (C=O) groups excluding carboxylic acids is 2. The zero-order chi connectivity index (χ0) is 18.7. The Labute approximate surface area is 150 Å². The van der Waals surface area contributed by atoms with Gasteiger partial charge in [0.15, 0.2) is 0 Å². The molecule has 0 atom stereocenters. The average Bonchev–Trinajstić information content (AvgIpc) is 2.67. The van der Waals surface area contributed by atoms with Crippen LogP contribution in [-0.2, 0) is 17.7 Å². The number of hydrogen-bond acceptors (Lipinski definition) is 5. The van der Waals surface area contributed by atoms with Crippen LogP contribution in [-0.4, -0.2) is 30.7 Å². The normalized spacial score (nSPS) is 12.8. The Balaban J connectivity index is 1.92. The quantitative estimate of drug-likeness (QED) is 0.849. The minimum Gasteiger partial charge on any atom is -0.496 e. The van der Waals surface area contributed by atoms with Crippen LogP contribution in [0.15, 0.2) is 35.1 Å². The molecule has 3 rings (SSSR count). The van der Waals surface area contributed by atoms with E-state index < -0.39 is 5.97 Å². The molecular weight excluding hydrogens is 336 g/mol. The number of carbonyl (C=O) groups is 2. The predicted octanol–water partition coefficient (Wildman–Crippen LogP) is 2.23. The second kappa shape index (κ2) is 7.43.